The molecule has 0 atom stereocenters. The lowest BCUT2D eigenvalue weighted by atomic mass is 10.0. The molecule has 1 heterocycles. The molecule has 1 aromatic heterocycles. The van der Waals surface area contributed by atoms with Gasteiger partial charge in [-0.05, 0) is 48.7 Å². The van der Waals surface area contributed by atoms with Crippen LogP contribution in [0.5, 0.6) is 0 Å². The van der Waals surface area contributed by atoms with Crippen LogP contribution in [0, 0.1) is 13.8 Å². The molecule has 0 aliphatic heterocycles. The summed E-state index contributed by atoms with van der Waals surface area (Å²) in [6, 6.07) is 7.79. The summed E-state index contributed by atoms with van der Waals surface area (Å²) in [6.45, 7) is 3.90. The third kappa shape index (κ3) is 2.96. The maximum atomic E-state index is 5.86. The Bertz CT molecular complexity index is 513. The predicted molar refractivity (Wildman–Crippen MR) is 70.8 cm³/mol. The van der Waals surface area contributed by atoms with Crippen LogP contribution in [-0.4, -0.2) is 9.97 Å². The largest absolute Gasteiger partial charge is 0.223 e. The highest BCUT2D eigenvalue weighted by Crippen LogP contribution is 2.18. The Balaban J connectivity index is 2.33. The molecular weight excluding hydrogens is 255 g/mol. The Morgan fingerprint density at radius 2 is 1.47 bits per heavy atom. The maximum absolute atomic E-state index is 5.86. The Morgan fingerprint density at radius 3 is 2.00 bits per heavy atom. The highest BCUT2D eigenvalue weighted by Gasteiger charge is 2.08. The zero-order chi connectivity index (χ0) is 12.4. The van der Waals surface area contributed by atoms with Gasteiger partial charge in [-0.3, -0.25) is 0 Å². The Labute approximate surface area is 111 Å². The molecule has 1 aromatic carbocycles. The van der Waals surface area contributed by atoms with E-state index in [1.165, 1.54) is 5.56 Å². The monoisotopic (exact) mass is 266 g/mol. The van der Waals surface area contributed by atoms with Crippen LogP contribution in [0.2, 0.25) is 10.3 Å². The highest BCUT2D eigenvalue weighted by molar-refractivity contribution is 6.30. The van der Waals surface area contributed by atoms with E-state index in [4.69, 9.17) is 23.2 Å². The molecule has 0 saturated heterocycles. The van der Waals surface area contributed by atoms with Gasteiger partial charge in [0.25, 0.3) is 0 Å². The van der Waals surface area contributed by atoms with Crippen LogP contribution in [0.4, 0.5) is 0 Å². The van der Waals surface area contributed by atoms with E-state index in [1.54, 1.807) is 0 Å². The van der Waals surface area contributed by atoms with E-state index in [-0.39, 0.29) is 0 Å². The lowest BCUT2D eigenvalue weighted by molar-refractivity contribution is 0.973. The molecule has 0 N–H and O–H groups in total. The smallest absolute Gasteiger partial charge is 0.222 e. The Morgan fingerprint density at radius 1 is 0.941 bits per heavy atom. The normalized spacial score (nSPS) is 10.6. The molecule has 0 unspecified atom stereocenters. The van der Waals surface area contributed by atoms with E-state index < -0.39 is 0 Å². The van der Waals surface area contributed by atoms with E-state index in [2.05, 4.69) is 9.97 Å². The average molecular weight is 267 g/mol. The minimum absolute atomic E-state index is 0.305. The summed E-state index contributed by atoms with van der Waals surface area (Å²) in [5.41, 5.74) is 4.16. The molecule has 0 saturated carbocycles. The Kier molecular flexibility index (Phi) is 3.65. The summed E-state index contributed by atoms with van der Waals surface area (Å²) in [5.74, 6) is 0. The third-order valence-corrected chi connectivity index (χ3v) is 3.11. The fourth-order valence-electron chi connectivity index (χ4n) is 1.76. The molecule has 0 bridgehead atoms. The number of hydrogen-bond acceptors (Lipinski definition) is 2. The van der Waals surface area contributed by atoms with Gasteiger partial charge >= 0.3 is 0 Å². The van der Waals surface area contributed by atoms with Gasteiger partial charge < -0.3 is 0 Å². The van der Waals surface area contributed by atoms with Crippen LogP contribution in [-0.2, 0) is 6.42 Å². The van der Waals surface area contributed by atoms with E-state index >= 15 is 0 Å². The van der Waals surface area contributed by atoms with Crippen molar-refractivity contribution in [3.8, 4) is 0 Å². The first-order chi connectivity index (χ1) is 8.06. The SMILES string of the molecule is Cc1nc(Cl)nc(C)c1Cc1ccc(Cl)cc1. The fourth-order valence-corrected chi connectivity index (χ4v) is 2.14. The van der Waals surface area contributed by atoms with E-state index in [0.29, 0.717) is 5.28 Å². The first kappa shape index (κ1) is 12.3. The third-order valence-electron chi connectivity index (χ3n) is 2.69. The predicted octanol–water partition coefficient (Wildman–Crippen LogP) is 3.99. The van der Waals surface area contributed by atoms with Gasteiger partial charge in [0.05, 0.1) is 0 Å². The fraction of sp³-hybridized carbons (Fsp3) is 0.231. The summed E-state index contributed by atoms with van der Waals surface area (Å²) in [6.07, 6.45) is 0.798. The second-order valence-corrected chi connectivity index (χ2v) is 4.72. The molecule has 88 valence electrons. The summed E-state index contributed by atoms with van der Waals surface area (Å²) < 4.78 is 0. The number of rotatable bonds is 2. The first-order valence-corrected chi connectivity index (χ1v) is 6.06. The van der Waals surface area contributed by atoms with Crippen molar-refractivity contribution in [1.29, 1.82) is 0 Å². The van der Waals surface area contributed by atoms with Gasteiger partial charge in [0, 0.05) is 22.8 Å². The van der Waals surface area contributed by atoms with Crippen molar-refractivity contribution in [2.75, 3.05) is 0 Å². The van der Waals surface area contributed by atoms with Crippen molar-refractivity contribution in [1.82, 2.24) is 9.97 Å². The summed E-state index contributed by atoms with van der Waals surface area (Å²) in [5, 5.41) is 1.05. The number of aryl methyl sites for hydroxylation is 2. The van der Waals surface area contributed by atoms with Crippen molar-refractivity contribution >= 4 is 23.2 Å². The Hall–Kier alpha value is -1.12. The molecule has 0 radical (unpaired) electrons. The molecule has 2 aromatic rings. The number of halogens is 2. The van der Waals surface area contributed by atoms with Gasteiger partial charge in [0.2, 0.25) is 5.28 Å². The number of hydrogen-bond donors (Lipinski definition) is 0. The van der Waals surface area contributed by atoms with Crippen LogP contribution in [0.25, 0.3) is 0 Å². The van der Waals surface area contributed by atoms with E-state index in [9.17, 15) is 0 Å². The second kappa shape index (κ2) is 5.03. The first-order valence-electron chi connectivity index (χ1n) is 5.30. The van der Waals surface area contributed by atoms with Crippen LogP contribution in [0.3, 0.4) is 0 Å². The van der Waals surface area contributed by atoms with Crippen LogP contribution < -0.4 is 0 Å². The van der Waals surface area contributed by atoms with E-state index in [1.807, 2.05) is 38.1 Å². The molecule has 0 amide bonds. The average Bonchev–Trinajstić information content (AvgIpc) is 2.26. The highest BCUT2D eigenvalue weighted by atomic mass is 35.5. The van der Waals surface area contributed by atoms with E-state index in [0.717, 1.165) is 28.4 Å². The molecule has 0 aliphatic rings. The standard InChI is InChI=1S/C13H12Cl2N2/c1-8-12(9(2)17-13(15)16-8)7-10-3-5-11(14)6-4-10/h3-6H,7H2,1-2H3. The van der Waals surface area contributed by atoms with Crippen molar-refractivity contribution in [2.24, 2.45) is 0 Å². The number of benzene rings is 1. The van der Waals surface area contributed by atoms with Gasteiger partial charge in [0.15, 0.2) is 0 Å². The quantitative estimate of drug-likeness (QED) is 0.769. The minimum Gasteiger partial charge on any atom is -0.223 e. The zero-order valence-corrected chi connectivity index (χ0v) is 11.2. The van der Waals surface area contributed by atoms with Crippen molar-refractivity contribution in [2.45, 2.75) is 20.3 Å². The molecular formula is C13H12Cl2N2. The second-order valence-electron chi connectivity index (χ2n) is 3.95. The van der Waals surface area contributed by atoms with Crippen molar-refractivity contribution in [3.63, 3.8) is 0 Å². The lowest BCUT2D eigenvalue weighted by Gasteiger charge is -2.08. The summed E-state index contributed by atoms with van der Waals surface area (Å²) in [4.78, 5) is 8.35. The van der Waals surface area contributed by atoms with Crippen LogP contribution >= 0.6 is 23.2 Å². The summed E-state index contributed by atoms with van der Waals surface area (Å²) >= 11 is 11.7. The molecule has 4 heteroatoms. The lowest BCUT2D eigenvalue weighted by Crippen LogP contribution is -2.01. The molecule has 0 fully saturated rings. The van der Waals surface area contributed by atoms with Gasteiger partial charge in [0.1, 0.15) is 0 Å². The van der Waals surface area contributed by atoms with Gasteiger partial charge in [-0.1, -0.05) is 23.7 Å². The number of aromatic nitrogens is 2. The van der Waals surface area contributed by atoms with Crippen molar-refractivity contribution in [3.05, 3.63) is 57.1 Å². The van der Waals surface area contributed by atoms with Gasteiger partial charge in [-0.25, -0.2) is 9.97 Å². The molecule has 0 aliphatic carbocycles. The number of nitrogens with zero attached hydrogens (tertiary/aromatic N) is 2. The van der Waals surface area contributed by atoms with Gasteiger partial charge in [-0.2, -0.15) is 0 Å². The molecule has 17 heavy (non-hydrogen) atoms. The molecule has 2 rings (SSSR count). The zero-order valence-electron chi connectivity index (χ0n) is 9.67. The van der Waals surface area contributed by atoms with Crippen LogP contribution in [0.15, 0.2) is 24.3 Å². The maximum Gasteiger partial charge on any atom is 0.222 e. The molecule has 0 spiro atoms. The summed E-state index contributed by atoms with van der Waals surface area (Å²) in [7, 11) is 0. The van der Waals surface area contributed by atoms with Gasteiger partial charge in [-0.15, -0.1) is 0 Å². The van der Waals surface area contributed by atoms with Crippen LogP contribution in [0.1, 0.15) is 22.5 Å². The topological polar surface area (TPSA) is 25.8 Å². The van der Waals surface area contributed by atoms with Crippen molar-refractivity contribution < 1.29 is 0 Å². The minimum atomic E-state index is 0.305. The molecule has 2 nitrogen and oxygen atoms in total.